The summed E-state index contributed by atoms with van der Waals surface area (Å²) in [4.78, 5) is 17.4. The van der Waals surface area contributed by atoms with Crippen LogP contribution >= 0.6 is 0 Å². The molecule has 34 heavy (non-hydrogen) atoms. The molecule has 0 fully saturated rings. The number of ether oxygens (including phenoxy) is 1. The molecule has 3 aromatic heterocycles. The zero-order valence-electron chi connectivity index (χ0n) is 16.6. The van der Waals surface area contributed by atoms with Gasteiger partial charge in [0.25, 0.3) is 6.43 Å². The van der Waals surface area contributed by atoms with Gasteiger partial charge in [-0.1, -0.05) is 6.08 Å². The summed E-state index contributed by atoms with van der Waals surface area (Å²) in [5.41, 5.74) is -5.14. The average molecular weight is 491 g/mol. The summed E-state index contributed by atoms with van der Waals surface area (Å²) in [6.07, 6.45) is -5.61. The summed E-state index contributed by atoms with van der Waals surface area (Å²) in [6, 6.07) is 0.563. The molecule has 0 unspecified atom stereocenters. The van der Waals surface area contributed by atoms with Gasteiger partial charge in [-0.3, -0.25) is 4.90 Å². The maximum absolute atomic E-state index is 14.3. The zero-order valence-corrected chi connectivity index (χ0v) is 16.6. The van der Waals surface area contributed by atoms with Crippen molar-refractivity contribution in [2.24, 2.45) is 0 Å². The normalized spacial score (nSPS) is 18.0. The summed E-state index contributed by atoms with van der Waals surface area (Å²) >= 11 is 0. The number of nitrogens with one attached hydrogen (secondary N) is 1. The summed E-state index contributed by atoms with van der Waals surface area (Å²) < 4.78 is 98.6. The van der Waals surface area contributed by atoms with Crippen molar-refractivity contribution >= 4 is 23.1 Å². The number of carbonyl (C=O) groups excluding carboxylic acids is 1. The van der Waals surface area contributed by atoms with Crippen LogP contribution in [0.1, 0.15) is 17.8 Å². The van der Waals surface area contributed by atoms with Gasteiger partial charge in [-0.25, -0.2) is 23.1 Å². The summed E-state index contributed by atoms with van der Waals surface area (Å²) in [7, 11) is 0. The largest absolute Gasteiger partial charge is 0.415 e. The predicted molar refractivity (Wildman–Crippen MR) is 101 cm³/mol. The van der Waals surface area contributed by atoms with Gasteiger partial charge in [-0.15, -0.1) is 16.8 Å². The van der Waals surface area contributed by atoms with E-state index in [1.807, 2.05) is 0 Å². The molecule has 0 aromatic carbocycles. The Labute approximate surface area is 184 Å². The molecule has 1 N–H and O–H groups in total. The third-order valence-corrected chi connectivity index (χ3v) is 5.02. The minimum absolute atomic E-state index is 0.249. The fourth-order valence-corrected chi connectivity index (χ4v) is 3.51. The van der Waals surface area contributed by atoms with Gasteiger partial charge in [-0.05, 0) is 6.07 Å². The van der Waals surface area contributed by atoms with Gasteiger partial charge in [0.2, 0.25) is 5.88 Å². The highest BCUT2D eigenvalue weighted by atomic mass is 19.4. The molecule has 3 aromatic rings. The fourth-order valence-electron chi connectivity index (χ4n) is 3.51. The van der Waals surface area contributed by atoms with Crippen LogP contribution in [0, 0.1) is 0 Å². The number of amides is 2. The van der Waals surface area contributed by atoms with Gasteiger partial charge in [0.05, 0.1) is 36.0 Å². The minimum Gasteiger partial charge on any atom is -0.415 e. The van der Waals surface area contributed by atoms with Crippen LogP contribution in [0.15, 0.2) is 37.2 Å². The van der Waals surface area contributed by atoms with E-state index in [4.69, 9.17) is 0 Å². The molecule has 4 heterocycles. The molecular formula is C18H12F7N7O2. The van der Waals surface area contributed by atoms with Gasteiger partial charge in [0, 0.05) is 6.07 Å². The van der Waals surface area contributed by atoms with Crippen LogP contribution in [0.25, 0.3) is 5.65 Å². The van der Waals surface area contributed by atoms with E-state index in [2.05, 4.69) is 36.9 Å². The maximum atomic E-state index is 14.3. The van der Waals surface area contributed by atoms with E-state index in [9.17, 15) is 35.5 Å². The van der Waals surface area contributed by atoms with Gasteiger partial charge in [0.15, 0.2) is 5.65 Å². The Hall–Kier alpha value is -3.98. The SMILES string of the molecule is C=C[C@@]1(C(F)(F)F)CN(C(=O)Nc2cnnc(C(F)F)c2)c2cnc3cc(OC(F)F)nn3c21. The minimum atomic E-state index is -5.01. The molecule has 0 saturated heterocycles. The average Bonchev–Trinajstić information content (AvgIpc) is 3.31. The van der Waals surface area contributed by atoms with E-state index in [0.717, 1.165) is 24.5 Å². The topological polar surface area (TPSA) is 97.5 Å². The second kappa shape index (κ2) is 8.11. The summed E-state index contributed by atoms with van der Waals surface area (Å²) in [5, 5.41) is 12.3. The second-order valence-corrected chi connectivity index (χ2v) is 6.98. The van der Waals surface area contributed by atoms with E-state index >= 15 is 0 Å². The highest BCUT2D eigenvalue weighted by Gasteiger charge is 2.62. The monoisotopic (exact) mass is 491 g/mol. The van der Waals surface area contributed by atoms with Crippen LogP contribution in [0.4, 0.5) is 46.9 Å². The molecule has 0 bridgehead atoms. The second-order valence-electron chi connectivity index (χ2n) is 6.98. The van der Waals surface area contributed by atoms with E-state index in [1.165, 1.54) is 0 Å². The molecule has 0 radical (unpaired) electrons. The first-order valence-electron chi connectivity index (χ1n) is 9.20. The molecular weight excluding hydrogens is 479 g/mol. The van der Waals surface area contributed by atoms with E-state index in [0.29, 0.717) is 15.5 Å². The van der Waals surface area contributed by atoms with Crippen LogP contribution in [-0.2, 0) is 5.41 Å². The molecule has 180 valence electrons. The molecule has 1 aliphatic rings. The first-order chi connectivity index (χ1) is 16.0. The van der Waals surface area contributed by atoms with Crippen LogP contribution in [0.5, 0.6) is 5.88 Å². The number of alkyl halides is 7. The molecule has 1 aliphatic heterocycles. The summed E-state index contributed by atoms with van der Waals surface area (Å²) in [6.45, 7) is -1.06. The molecule has 0 aliphatic carbocycles. The maximum Gasteiger partial charge on any atom is 0.405 e. The van der Waals surface area contributed by atoms with Gasteiger partial charge >= 0.3 is 18.8 Å². The van der Waals surface area contributed by atoms with Gasteiger partial charge in [0.1, 0.15) is 11.1 Å². The molecule has 9 nitrogen and oxygen atoms in total. The molecule has 0 spiro atoms. The number of urea groups is 1. The lowest BCUT2D eigenvalue weighted by Crippen LogP contribution is -2.47. The van der Waals surface area contributed by atoms with E-state index in [-0.39, 0.29) is 17.0 Å². The van der Waals surface area contributed by atoms with Crippen molar-refractivity contribution in [3.05, 3.63) is 48.6 Å². The van der Waals surface area contributed by atoms with E-state index in [1.54, 1.807) is 0 Å². The number of rotatable bonds is 5. The van der Waals surface area contributed by atoms with Crippen LogP contribution in [-0.4, -0.2) is 50.2 Å². The zero-order chi connectivity index (χ0) is 24.8. The van der Waals surface area contributed by atoms with Crippen molar-refractivity contribution in [1.82, 2.24) is 24.8 Å². The Kier molecular flexibility index (Phi) is 5.53. The first-order valence-corrected chi connectivity index (χ1v) is 9.20. The van der Waals surface area contributed by atoms with Crippen molar-refractivity contribution < 1.29 is 40.3 Å². The number of nitrogens with zero attached hydrogens (tertiary/aromatic N) is 6. The smallest absolute Gasteiger partial charge is 0.405 e. The van der Waals surface area contributed by atoms with Crippen LogP contribution in [0.2, 0.25) is 0 Å². The first kappa shape index (κ1) is 23.2. The Bertz CT molecular complexity index is 1260. The number of fused-ring (bicyclic) bond motifs is 3. The molecule has 2 amide bonds. The highest BCUT2D eigenvalue weighted by Crippen LogP contribution is 2.51. The van der Waals surface area contributed by atoms with Crippen molar-refractivity contribution in [1.29, 1.82) is 0 Å². The number of hydrogen-bond acceptors (Lipinski definition) is 6. The highest BCUT2D eigenvalue weighted by molar-refractivity contribution is 6.03. The Morgan fingerprint density at radius 1 is 1.24 bits per heavy atom. The summed E-state index contributed by atoms with van der Waals surface area (Å²) in [5.74, 6) is -0.693. The number of anilines is 2. The number of carbonyl (C=O) groups is 1. The third kappa shape index (κ3) is 3.73. The Morgan fingerprint density at radius 2 is 1.97 bits per heavy atom. The lowest BCUT2D eigenvalue weighted by atomic mass is 9.85. The van der Waals surface area contributed by atoms with Crippen molar-refractivity contribution in [3.8, 4) is 5.88 Å². The lowest BCUT2D eigenvalue weighted by Gasteiger charge is -2.29. The Morgan fingerprint density at radius 3 is 2.59 bits per heavy atom. The van der Waals surface area contributed by atoms with E-state index < -0.39 is 54.5 Å². The number of hydrogen-bond donors (Lipinski definition) is 1. The predicted octanol–water partition coefficient (Wildman–Crippen LogP) is 4.10. The van der Waals surface area contributed by atoms with Crippen molar-refractivity contribution in [2.45, 2.75) is 24.6 Å². The number of aromatic nitrogens is 5. The fraction of sp³-hybridized carbons (Fsp3) is 0.278. The third-order valence-electron chi connectivity index (χ3n) is 5.02. The molecule has 1 atom stereocenters. The van der Waals surface area contributed by atoms with Crippen LogP contribution < -0.4 is 15.0 Å². The van der Waals surface area contributed by atoms with Crippen LogP contribution in [0.3, 0.4) is 0 Å². The quantitative estimate of drug-likeness (QED) is 0.427. The standard InChI is InChI=1S/C18H12F7N7O2/c1-2-17(18(23,24)25)7-31(16(33)28-8-3-9(14(19)20)29-27-5-8)10-6-26-11-4-12(34-15(21)22)30-32(11)13(10)17/h2-6,14-15H,1,7H2,(H,28,29,33)/t17-/m1/s1. The molecule has 4 rings (SSSR count). The van der Waals surface area contributed by atoms with Gasteiger partial charge in [-0.2, -0.15) is 27.1 Å². The van der Waals surface area contributed by atoms with Crippen molar-refractivity contribution in [2.75, 3.05) is 16.8 Å². The van der Waals surface area contributed by atoms with Crippen molar-refractivity contribution in [3.63, 3.8) is 0 Å². The number of halogens is 7. The lowest BCUT2D eigenvalue weighted by molar-refractivity contribution is -0.172. The van der Waals surface area contributed by atoms with Gasteiger partial charge < -0.3 is 10.1 Å². The molecule has 16 heteroatoms. The molecule has 0 saturated carbocycles. The Balaban J connectivity index is 1.81.